The topological polar surface area (TPSA) is 72.9 Å². The van der Waals surface area contributed by atoms with E-state index in [0.29, 0.717) is 37.2 Å². The molecule has 0 bridgehead atoms. The summed E-state index contributed by atoms with van der Waals surface area (Å²) in [6.45, 7) is 0.361. The van der Waals surface area contributed by atoms with Gasteiger partial charge in [-0.1, -0.05) is 0 Å². The van der Waals surface area contributed by atoms with E-state index in [-0.39, 0.29) is 4.90 Å². The number of methoxy groups -OCH3 is 2. The number of nitrogens with zero attached hydrogens (tertiary/aromatic N) is 1. The normalized spacial score (nSPS) is 19.8. The molecule has 0 aromatic heterocycles. The molecule has 0 spiro atoms. The summed E-state index contributed by atoms with van der Waals surface area (Å²) >= 11 is 0. The molecular formula is C13H17NO5S. The minimum atomic E-state index is -3.69. The van der Waals surface area contributed by atoms with Gasteiger partial charge in [0.25, 0.3) is 0 Å². The van der Waals surface area contributed by atoms with Crippen molar-refractivity contribution in [3.8, 4) is 11.5 Å². The molecule has 2 rings (SSSR count). The molecule has 0 radical (unpaired) electrons. The van der Waals surface area contributed by atoms with E-state index in [4.69, 9.17) is 9.47 Å². The molecule has 1 aliphatic heterocycles. The third-order valence-electron chi connectivity index (χ3n) is 3.37. The Morgan fingerprint density at radius 3 is 2.55 bits per heavy atom. The first kappa shape index (κ1) is 14.8. The molecule has 1 atom stereocenters. The molecule has 0 N–H and O–H groups in total. The van der Waals surface area contributed by atoms with Crippen LogP contribution >= 0.6 is 0 Å². The van der Waals surface area contributed by atoms with Crippen molar-refractivity contribution >= 4 is 16.3 Å². The fraction of sp³-hybridized carbons (Fsp3) is 0.462. The highest BCUT2D eigenvalue weighted by atomic mass is 32.2. The quantitative estimate of drug-likeness (QED) is 0.760. The Balaban J connectivity index is 2.41. The van der Waals surface area contributed by atoms with Crippen molar-refractivity contribution in [1.82, 2.24) is 4.31 Å². The van der Waals surface area contributed by atoms with Gasteiger partial charge in [-0.05, 0) is 25.0 Å². The number of hydrogen-bond donors (Lipinski definition) is 0. The summed E-state index contributed by atoms with van der Waals surface area (Å²) in [5.41, 5.74) is 0. The SMILES string of the molecule is COc1ccc(S(=O)(=O)N2CCC[C@H]2C=O)cc1OC. The number of rotatable bonds is 5. The van der Waals surface area contributed by atoms with Gasteiger partial charge < -0.3 is 14.3 Å². The Labute approximate surface area is 118 Å². The maximum atomic E-state index is 12.5. The zero-order valence-electron chi connectivity index (χ0n) is 11.4. The molecule has 7 heteroatoms. The largest absolute Gasteiger partial charge is 0.493 e. The number of carbonyl (C=O) groups excluding carboxylic acids is 1. The molecule has 1 fully saturated rings. The van der Waals surface area contributed by atoms with Gasteiger partial charge in [-0.15, -0.1) is 0 Å². The van der Waals surface area contributed by atoms with E-state index in [0.717, 1.165) is 0 Å². The minimum absolute atomic E-state index is 0.101. The first-order chi connectivity index (χ1) is 9.54. The van der Waals surface area contributed by atoms with E-state index in [2.05, 4.69) is 0 Å². The zero-order valence-corrected chi connectivity index (χ0v) is 12.2. The maximum absolute atomic E-state index is 12.5. The van der Waals surface area contributed by atoms with Crippen LogP contribution in [0.25, 0.3) is 0 Å². The first-order valence-electron chi connectivity index (χ1n) is 6.23. The Hall–Kier alpha value is -1.60. The third kappa shape index (κ3) is 2.51. The molecule has 1 aromatic carbocycles. The van der Waals surface area contributed by atoms with Gasteiger partial charge in [-0.2, -0.15) is 4.31 Å². The summed E-state index contributed by atoms with van der Waals surface area (Å²) in [6.07, 6.45) is 1.94. The van der Waals surface area contributed by atoms with Crippen LogP contribution in [0.5, 0.6) is 11.5 Å². The van der Waals surface area contributed by atoms with E-state index >= 15 is 0 Å². The van der Waals surface area contributed by atoms with E-state index in [1.165, 1.54) is 36.7 Å². The van der Waals surface area contributed by atoms with Crippen molar-refractivity contribution in [2.75, 3.05) is 20.8 Å². The lowest BCUT2D eigenvalue weighted by Crippen LogP contribution is -2.36. The second kappa shape index (κ2) is 5.80. The highest BCUT2D eigenvalue weighted by Crippen LogP contribution is 2.32. The lowest BCUT2D eigenvalue weighted by molar-refractivity contribution is -0.110. The molecule has 1 aliphatic rings. The van der Waals surface area contributed by atoms with Crippen LogP contribution in [-0.2, 0) is 14.8 Å². The molecule has 1 heterocycles. The van der Waals surface area contributed by atoms with Crippen LogP contribution in [0.15, 0.2) is 23.1 Å². The fourth-order valence-electron chi connectivity index (χ4n) is 2.31. The molecule has 0 saturated carbocycles. The zero-order chi connectivity index (χ0) is 14.8. The number of sulfonamides is 1. The van der Waals surface area contributed by atoms with Gasteiger partial charge >= 0.3 is 0 Å². The monoisotopic (exact) mass is 299 g/mol. The standard InChI is InChI=1S/C13H17NO5S/c1-18-12-6-5-11(8-13(12)19-2)20(16,17)14-7-3-4-10(14)9-15/h5-6,8-10H,3-4,7H2,1-2H3/t10-/m0/s1. The molecular weight excluding hydrogens is 282 g/mol. The summed E-state index contributed by atoms with van der Waals surface area (Å²) in [5, 5.41) is 0. The average molecular weight is 299 g/mol. The van der Waals surface area contributed by atoms with Crippen molar-refractivity contribution in [1.29, 1.82) is 0 Å². The van der Waals surface area contributed by atoms with Crippen LogP contribution < -0.4 is 9.47 Å². The van der Waals surface area contributed by atoms with Gasteiger partial charge in [0.05, 0.1) is 25.2 Å². The third-order valence-corrected chi connectivity index (χ3v) is 5.29. The summed E-state index contributed by atoms with van der Waals surface area (Å²) < 4.78 is 36.5. The lowest BCUT2D eigenvalue weighted by Gasteiger charge is -2.20. The van der Waals surface area contributed by atoms with E-state index in [9.17, 15) is 13.2 Å². The van der Waals surface area contributed by atoms with Crippen molar-refractivity contribution in [2.45, 2.75) is 23.8 Å². The molecule has 0 aliphatic carbocycles. The van der Waals surface area contributed by atoms with Crippen molar-refractivity contribution < 1.29 is 22.7 Å². The number of hydrogen-bond acceptors (Lipinski definition) is 5. The number of benzene rings is 1. The Morgan fingerprint density at radius 2 is 1.95 bits per heavy atom. The Morgan fingerprint density at radius 1 is 1.25 bits per heavy atom. The van der Waals surface area contributed by atoms with Gasteiger partial charge in [0, 0.05) is 12.6 Å². The van der Waals surface area contributed by atoms with E-state index in [1.807, 2.05) is 0 Å². The van der Waals surface area contributed by atoms with Gasteiger partial charge in [0.15, 0.2) is 11.5 Å². The van der Waals surface area contributed by atoms with E-state index < -0.39 is 16.1 Å². The molecule has 110 valence electrons. The summed E-state index contributed by atoms with van der Waals surface area (Å²) in [5.74, 6) is 0.801. The predicted molar refractivity (Wildman–Crippen MR) is 72.5 cm³/mol. The van der Waals surface area contributed by atoms with Crippen LogP contribution in [0, 0.1) is 0 Å². The van der Waals surface area contributed by atoms with Gasteiger partial charge in [0.1, 0.15) is 6.29 Å². The van der Waals surface area contributed by atoms with Crippen molar-refractivity contribution in [3.05, 3.63) is 18.2 Å². The fourth-order valence-corrected chi connectivity index (χ4v) is 3.96. The van der Waals surface area contributed by atoms with Crippen LogP contribution in [0.3, 0.4) is 0 Å². The molecule has 1 aromatic rings. The number of carbonyl (C=O) groups is 1. The summed E-state index contributed by atoms with van der Waals surface area (Å²) in [6, 6.07) is 3.83. The van der Waals surface area contributed by atoms with Crippen LogP contribution in [-0.4, -0.2) is 45.8 Å². The van der Waals surface area contributed by atoms with Crippen LogP contribution in [0.4, 0.5) is 0 Å². The molecule has 1 saturated heterocycles. The molecule has 0 amide bonds. The van der Waals surface area contributed by atoms with Crippen molar-refractivity contribution in [3.63, 3.8) is 0 Å². The van der Waals surface area contributed by atoms with Gasteiger partial charge in [-0.25, -0.2) is 8.42 Å². The average Bonchev–Trinajstić information content (AvgIpc) is 2.95. The second-order valence-electron chi connectivity index (χ2n) is 4.48. The highest BCUT2D eigenvalue weighted by molar-refractivity contribution is 7.89. The van der Waals surface area contributed by atoms with Gasteiger partial charge in [-0.3, -0.25) is 0 Å². The molecule has 0 unspecified atom stereocenters. The smallest absolute Gasteiger partial charge is 0.243 e. The minimum Gasteiger partial charge on any atom is -0.493 e. The molecule has 6 nitrogen and oxygen atoms in total. The van der Waals surface area contributed by atoms with Crippen LogP contribution in [0.1, 0.15) is 12.8 Å². The second-order valence-corrected chi connectivity index (χ2v) is 6.37. The first-order valence-corrected chi connectivity index (χ1v) is 7.67. The Bertz CT molecular complexity index is 599. The highest BCUT2D eigenvalue weighted by Gasteiger charge is 2.35. The van der Waals surface area contributed by atoms with Crippen molar-refractivity contribution in [2.24, 2.45) is 0 Å². The van der Waals surface area contributed by atoms with E-state index in [1.54, 1.807) is 0 Å². The predicted octanol–water partition coefficient (Wildman–Crippen LogP) is 1.06. The maximum Gasteiger partial charge on any atom is 0.243 e. The summed E-state index contributed by atoms with van der Waals surface area (Å²) in [7, 11) is -0.767. The molecule has 20 heavy (non-hydrogen) atoms. The number of aldehydes is 1. The number of ether oxygens (including phenoxy) is 2. The van der Waals surface area contributed by atoms with Crippen LogP contribution in [0.2, 0.25) is 0 Å². The van der Waals surface area contributed by atoms with Gasteiger partial charge in [0.2, 0.25) is 10.0 Å². The lowest BCUT2D eigenvalue weighted by atomic mass is 10.2. The Kier molecular flexibility index (Phi) is 4.29. The summed E-state index contributed by atoms with van der Waals surface area (Å²) in [4.78, 5) is 11.1.